The van der Waals surface area contributed by atoms with Gasteiger partial charge in [0.15, 0.2) is 0 Å². The van der Waals surface area contributed by atoms with Crippen LogP contribution < -0.4 is 10.6 Å². The van der Waals surface area contributed by atoms with Crippen molar-refractivity contribution in [2.75, 3.05) is 5.32 Å². The second-order valence-corrected chi connectivity index (χ2v) is 8.45. The normalized spacial score (nSPS) is 14.6. The number of benzene rings is 1. The number of nitrogens with zero attached hydrogens (tertiary/aromatic N) is 3. The third-order valence-electron chi connectivity index (χ3n) is 6.00. The predicted molar refractivity (Wildman–Crippen MR) is 121 cm³/mol. The zero-order valence-corrected chi connectivity index (χ0v) is 18.9. The minimum absolute atomic E-state index is 0.0394. The third kappa shape index (κ3) is 4.44. The van der Waals surface area contributed by atoms with E-state index in [-0.39, 0.29) is 24.3 Å². The first kappa shape index (κ1) is 21.8. The molecule has 8 heteroatoms. The van der Waals surface area contributed by atoms with E-state index in [0.717, 1.165) is 36.2 Å². The van der Waals surface area contributed by atoms with Gasteiger partial charge in [0.25, 0.3) is 0 Å². The van der Waals surface area contributed by atoms with Crippen molar-refractivity contribution in [2.45, 2.75) is 59.5 Å². The van der Waals surface area contributed by atoms with Gasteiger partial charge in [0, 0.05) is 11.6 Å². The molecule has 4 rings (SSSR count). The molecule has 2 N–H and O–H groups in total. The van der Waals surface area contributed by atoms with Crippen LogP contribution in [0.3, 0.4) is 0 Å². The number of para-hydroxylation sites is 1. The minimum atomic E-state index is -0.433. The van der Waals surface area contributed by atoms with Gasteiger partial charge < -0.3 is 15.1 Å². The number of nitrogens with one attached hydrogen (secondary N) is 2. The van der Waals surface area contributed by atoms with E-state index in [1.165, 1.54) is 0 Å². The molecule has 0 radical (unpaired) electrons. The van der Waals surface area contributed by atoms with Crippen molar-refractivity contribution in [3.05, 3.63) is 53.2 Å². The lowest BCUT2D eigenvalue weighted by atomic mass is 9.85. The third-order valence-corrected chi connectivity index (χ3v) is 6.00. The number of aromatic nitrogens is 3. The van der Waals surface area contributed by atoms with Crippen LogP contribution in [0.1, 0.15) is 55.1 Å². The molecule has 2 amide bonds. The van der Waals surface area contributed by atoms with Crippen LogP contribution in [0.15, 0.2) is 34.7 Å². The summed E-state index contributed by atoms with van der Waals surface area (Å²) in [5.41, 5.74) is 3.86. The van der Waals surface area contributed by atoms with Gasteiger partial charge in [-0.25, -0.2) is 4.98 Å². The lowest BCUT2D eigenvalue weighted by Crippen LogP contribution is -2.31. The summed E-state index contributed by atoms with van der Waals surface area (Å²) >= 11 is 0. The van der Waals surface area contributed by atoms with E-state index in [4.69, 9.17) is 4.42 Å². The summed E-state index contributed by atoms with van der Waals surface area (Å²) in [5, 5.41) is 10.3. The monoisotopic (exact) mass is 435 g/mol. The van der Waals surface area contributed by atoms with Gasteiger partial charge in [0.2, 0.25) is 17.7 Å². The molecule has 1 atom stereocenters. The Morgan fingerprint density at radius 2 is 1.97 bits per heavy atom. The molecule has 0 bridgehead atoms. The van der Waals surface area contributed by atoms with E-state index >= 15 is 0 Å². The maximum absolute atomic E-state index is 12.7. The average molecular weight is 436 g/mol. The second-order valence-electron chi connectivity index (χ2n) is 8.45. The Kier molecular flexibility index (Phi) is 6.12. The largest absolute Gasteiger partial charge is 0.441 e. The molecule has 2 heterocycles. The van der Waals surface area contributed by atoms with Gasteiger partial charge in [-0.3, -0.25) is 14.3 Å². The standard InChI is InChI=1S/C24H29N5O3/c1-14-12-15(2)29(28-14)16(3)22(30)25-13-21-17(4)32-24(27-21)19-10-5-6-11-20(19)26-23(31)18-8-7-9-18/h5-6,10-12,16,18H,7-9,13H2,1-4H3,(H,25,30)(H,26,31). The van der Waals surface area contributed by atoms with Crippen LogP contribution in [0.4, 0.5) is 5.69 Å². The fourth-order valence-corrected chi connectivity index (χ4v) is 3.86. The van der Waals surface area contributed by atoms with Crippen LogP contribution in [-0.4, -0.2) is 26.6 Å². The van der Waals surface area contributed by atoms with E-state index < -0.39 is 6.04 Å². The van der Waals surface area contributed by atoms with E-state index in [1.54, 1.807) is 4.68 Å². The summed E-state index contributed by atoms with van der Waals surface area (Å²) in [7, 11) is 0. The Labute approximate surface area is 187 Å². The molecule has 3 aromatic rings. The Balaban J connectivity index is 1.46. The molecule has 168 valence electrons. The van der Waals surface area contributed by atoms with Gasteiger partial charge in [0.05, 0.1) is 23.5 Å². The fourth-order valence-electron chi connectivity index (χ4n) is 3.86. The Hall–Kier alpha value is -3.42. The smallest absolute Gasteiger partial charge is 0.244 e. The van der Waals surface area contributed by atoms with Crippen molar-refractivity contribution in [1.82, 2.24) is 20.1 Å². The first-order valence-electron chi connectivity index (χ1n) is 11.0. The van der Waals surface area contributed by atoms with Crippen LogP contribution in [-0.2, 0) is 16.1 Å². The molecule has 0 saturated heterocycles. The van der Waals surface area contributed by atoms with E-state index in [2.05, 4.69) is 20.7 Å². The molecule has 0 spiro atoms. The highest BCUT2D eigenvalue weighted by atomic mass is 16.4. The molecule has 0 aliphatic heterocycles. The molecule has 1 fully saturated rings. The number of anilines is 1. The topological polar surface area (TPSA) is 102 Å². The lowest BCUT2D eigenvalue weighted by molar-refractivity contribution is -0.124. The van der Waals surface area contributed by atoms with Crippen LogP contribution >= 0.6 is 0 Å². The minimum Gasteiger partial charge on any atom is -0.441 e. The van der Waals surface area contributed by atoms with Gasteiger partial charge in [-0.15, -0.1) is 0 Å². The molecule has 1 unspecified atom stereocenters. The number of carbonyl (C=O) groups is 2. The van der Waals surface area contributed by atoms with Crippen LogP contribution in [0, 0.1) is 26.7 Å². The number of oxazole rings is 1. The number of aryl methyl sites for hydroxylation is 3. The Morgan fingerprint density at radius 1 is 1.22 bits per heavy atom. The highest BCUT2D eigenvalue weighted by molar-refractivity contribution is 5.96. The number of rotatable bonds is 7. The van der Waals surface area contributed by atoms with Crippen molar-refractivity contribution in [2.24, 2.45) is 5.92 Å². The Morgan fingerprint density at radius 3 is 2.62 bits per heavy atom. The zero-order valence-electron chi connectivity index (χ0n) is 18.9. The predicted octanol–water partition coefficient (Wildman–Crippen LogP) is 4.08. The molecule has 32 heavy (non-hydrogen) atoms. The number of amides is 2. The first-order valence-corrected chi connectivity index (χ1v) is 11.0. The lowest BCUT2D eigenvalue weighted by Gasteiger charge is -2.24. The van der Waals surface area contributed by atoms with Gasteiger partial charge in [-0.2, -0.15) is 5.10 Å². The molecule has 8 nitrogen and oxygen atoms in total. The molecule has 1 aromatic carbocycles. The van der Waals surface area contributed by atoms with Gasteiger partial charge in [-0.1, -0.05) is 18.6 Å². The van der Waals surface area contributed by atoms with Crippen LogP contribution in [0.25, 0.3) is 11.5 Å². The second kappa shape index (κ2) is 8.98. The summed E-state index contributed by atoms with van der Waals surface area (Å²) in [6, 6.07) is 8.98. The number of carbonyl (C=O) groups excluding carboxylic acids is 2. The van der Waals surface area contributed by atoms with Gasteiger partial charge in [0.1, 0.15) is 17.5 Å². The first-order chi connectivity index (χ1) is 15.3. The number of hydrogen-bond donors (Lipinski definition) is 2. The van der Waals surface area contributed by atoms with Crippen LogP contribution in [0.5, 0.6) is 0 Å². The highest BCUT2D eigenvalue weighted by Gasteiger charge is 2.26. The van der Waals surface area contributed by atoms with Crippen molar-refractivity contribution < 1.29 is 14.0 Å². The summed E-state index contributed by atoms with van der Waals surface area (Å²) < 4.78 is 7.61. The molecule has 1 aliphatic carbocycles. The molecule has 1 aliphatic rings. The van der Waals surface area contributed by atoms with E-state index in [9.17, 15) is 9.59 Å². The molecule has 1 saturated carbocycles. The molecule has 2 aromatic heterocycles. The van der Waals surface area contributed by atoms with E-state index in [0.29, 0.717) is 23.0 Å². The SMILES string of the molecule is Cc1cc(C)n(C(C)C(=O)NCc2nc(-c3ccccc3NC(=O)C3CCC3)oc2C)n1. The van der Waals surface area contributed by atoms with E-state index in [1.807, 2.05) is 58.0 Å². The van der Waals surface area contributed by atoms with Gasteiger partial charge >= 0.3 is 0 Å². The Bertz CT molecular complexity index is 1140. The zero-order chi connectivity index (χ0) is 22.8. The fraction of sp³-hybridized carbons (Fsp3) is 0.417. The maximum Gasteiger partial charge on any atom is 0.244 e. The van der Waals surface area contributed by atoms with Crippen molar-refractivity contribution in [3.63, 3.8) is 0 Å². The molecular weight excluding hydrogens is 406 g/mol. The quantitative estimate of drug-likeness (QED) is 0.582. The summed E-state index contributed by atoms with van der Waals surface area (Å²) in [6.45, 7) is 7.71. The van der Waals surface area contributed by atoms with Crippen LogP contribution in [0.2, 0.25) is 0 Å². The summed E-state index contributed by atoms with van der Waals surface area (Å²) in [6.07, 6.45) is 2.98. The van der Waals surface area contributed by atoms with Crippen molar-refractivity contribution in [3.8, 4) is 11.5 Å². The molecular formula is C24H29N5O3. The average Bonchev–Trinajstić information content (AvgIpc) is 3.25. The number of hydrogen-bond acceptors (Lipinski definition) is 5. The summed E-state index contributed by atoms with van der Waals surface area (Å²) in [5.74, 6) is 1.03. The van der Waals surface area contributed by atoms with Crippen molar-refractivity contribution >= 4 is 17.5 Å². The maximum atomic E-state index is 12.7. The van der Waals surface area contributed by atoms with Gasteiger partial charge in [-0.05, 0) is 58.7 Å². The summed E-state index contributed by atoms with van der Waals surface area (Å²) in [4.78, 5) is 29.7. The highest BCUT2D eigenvalue weighted by Crippen LogP contribution is 2.32. The van der Waals surface area contributed by atoms with Crippen molar-refractivity contribution in [1.29, 1.82) is 0 Å².